The fourth-order valence-corrected chi connectivity index (χ4v) is 3.92. The van der Waals surface area contributed by atoms with Crippen molar-refractivity contribution >= 4 is 46.0 Å². The van der Waals surface area contributed by atoms with E-state index in [1.807, 2.05) is 36.4 Å². The van der Waals surface area contributed by atoms with Crippen LogP contribution in [0.2, 0.25) is 5.02 Å². The summed E-state index contributed by atoms with van der Waals surface area (Å²) in [5, 5.41) is 3.19. The molecule has 1 fully saturated rings. The molecule has 134 valence electrons. The Morgan fingerprint density at radius 1 is 1.27 bits per heavy atom. The van der Waals surface area contributed by atoms with E-state index in [0.29, 0.717) is 22.4 Å². The summed E-state index contributed by atoms with van der Waals surface area (Å²) in [6, 6.07) is 16.8. The standard InChI is InChI=1S/C19H18ClN3O2S/c1-21-18(25)16-11-17(24)23(12-13-6-3-2-4-7-13)19(26-16)22-15-9-5-8-14(20)10-15/h2-10,16H,11-12H2,1H3,(H,21,25). The van der Waals surface area contributed by atoms with Crippen molar-refractivity contribution in [1.29, 1.82) is 0 Å². The molecule has 2 aromatic carbocycles. The Hall–Kier alpha value is -2.31. The minimum atomic E-state index is -0.488. The highest BCUT2D eigenvalue weighted by Crippen LogP contribution is 2.30. The number of carbonyl (C=O) groups excluding carboxylic acids is 2. The van der Waals surface area contributed by atoms with Gasteiger partial charge in [-0.25, -0.2) is 4.99 Å². The third-order valence-corrected chi connectivity index (χ3v) is 5.32. The molecular formula is C19H18ClN3O2S. The van der Waals surface area contributed by atoms with Crippen molar-refractivity contribution in [2.24, 2.45) is 4.99 Å². The maximum atomic E-state index is 12.7. The van der Waals surface area contributed by atoms with Gasteiger partial charge in [0.2, 0.25) is 11.8 Å². The lowest BCUT2D eigenvalue weighted by Crippen LogP contribution is -2.45. The molecule has 1 saturated heterocycles. The molecule has 2 aromatic rings. The Labute approximate surface area is 161 Å². The molecule has 26 heavy (non-hydrogen) atoms. The summed E-state index contributed by atoms with van der Waals surface area (Å²) in [5.74, 6) is -0.302. The van der Waals surface area contributed by atoms with Crippen LogP contribution >= 0.6 is 23.4 Å². The van der Waals surface area contributed by atoms with Gasteiger partial charge in [0.05, 0.1) is 17.5 Å². The molecular weight excluding hydrogens is 370 g/mol. The van der Waals surface area contributed by atoms with Crippen LogP contribution < -0.4 is 5.32 Å². The molecule has 7 heteroatoms. The first kappa shape index (κ1) is 18.5. The van der Waals surface area contributed by atoms with Crippen LogP contribution in [0.3, 0.4) is 0 Å². The molecule has 3 rings (SSSR count). The fraction of sp³-hybridized carbons (Fsp3) is 0.211. The number of halogens is 1. The topological polar surface area (TPSA) is 61.8 Å². The molecule has 1 aliphatic rings. The van der Waals surface area contributed by atoms with Crippen LogP contribution in [0.25, 0.3) is 0 Å². The lowest BCUT2D eigenvalue weighted by molar-refractivity contribution is -0.130. The third-order valence-electron chi connectivity index (χ3n) is 3.89. The number of aliphatic imine (C=N–C) groups is 1. The minimum Gasteiger partial charge on any atom is -0.358 e. The molecule has 2 amide bonds. The predicted molar refractivity (Wildman–Crippen MR) is 106 cm³/mol. The number of amides is 2. The van der Waals surface area contributed by atoms with Gasteiger partial charge in [-0.3, -0.25) is 14.5 Å². The zero-order valence-electron chi connectivity index (χ0n) is 14.2. The van der Waals surface area contributed by atoms with Gasteiger partial charge in [0.25, 0.3) is 0 Å². The van der Waals surface area contributed by atoms with E-state index >= 15 is 0 Å². The molecule has 1 atom stereocenters. The maximum absolute atomic E-state index is 12.7. The summed E-state index contributed by atoms with van der Waals surface area (Å²) in [6.45, 7) is 0.409. The Balaban J connectivity index is 1.94. The van der Waals surface area contributed by atoms with E-state index in [1.54, 1.807) is 30.1 Å². The molecule has 0 bridgehead atoms. The van der Waals surface area contributed by atoms with Gasteiger partial charge in [-0.1, -0.05) is 59.8 Å². The van der Waals surface area contributed by atoms with Crippen molar-refractivity contribution in [3.8, 4) is 0 Å². The van der Waals surface area contributed by atoms with E-state index in [0.717, 1.165) is 5.56 Å². The number of thioether (sulfide) groups is 1. The molecule has 1 N–H and O–H groups in total. The fourth-order valence-electron chi connectivity index (χ4n) is 2.58. The van der Waals surface area contributed by atoms with Crippen molar-refractivity contribution in [2.45, 2.75) is 18.2 Å². The summed E-state index contributed by atoms with van der Waals surface area (Å²) in [5.41, 5.74) is 1.64. The van der Waals surface area contributed by atoms with E-state index in [1.165, 1.54) is 11.8 Å². The Kier molecular flexibility index (Phi) is 5.96. The molecule has 0 aliphatic carbocycles. The number of benzene rings is 2. The average molecular weight is 388 g/mol. The number of hydrogen-bond donors (Lipinski definition) is 1. The van der Waals surface area contributed by atoms with Crippen LogP contribution in [0.4, 0.5) is 5.69 Å². The molecule has 0 saturated carbocycles. The van der Waals surface area contributed by atoms with Crippen LogP contribution in [-0.4, -0.2) is 34.2 Å². The molecule has 0 aromatic heterocycles. The second-order valence-corrected chi connectivity index (χ2v) is 7.37. The quantitative estimate of drug-likeness (QED) is 0.871. The first-order valence-electron chi connectivity index (χ1n) is 8.13. The summed E-state index contributed by atoms with van der Waals surface area (Å²) in [4.78, 5) is 31.0. The lowest BCUT2D eigenvalue weighted by Gasteiger charge is -2.31. The minimum absolute atomic E-state index is 0.123. The summed E-state index contributed by atoms with van der Waals surface area (Å²) >= 11 is 7.33. The molecule has 0 spiro atoms. The molecule has 1 heterocycles. The van der Waals surface area contributed by atoms with Crippen molar-refractivity contribution in [1.82, 2.24) is 10.2 Å². The second-order valence-electron chi connectivity index (χ2n) is 5.76. The van der Waals surface area contributed by atoms with Gasteiger partial charge in [0, 0.05) is 18.5 Å². The van der Waals surface area contributed by atoms with Crippen LogP contribution in [-0.2, 0) is 16.1 Å². The van der Waals surface area contributed by atoms with E-state index in [2.05, 4.69) is 10.3 Å². The van der Waals surface area contributed by atoms with Crippen LogP contribution in [0.5, 0.6) is 0 Å². The number of nitrogens with zero attached hydrogens (tertiary/aromatic N) is 2. The summed E-state index contributed by atoms with van der Waals surface area (Å²) in [6.07, 6.45) is 0.145. The van der Waals surface area contributed by atoms with Gasteiger partial charge in [0.15, 0.2) is 5.17 Å². The third kappa shape index (κ3) is 4.45. The summed E-state index contributed by atoms with van der Waals surface area (Å²) < 4.78 is 0. The number of hydrogen-bond acceptors (Lipinski definition) is 4. The van der Waals surface area contributed by atoms with Crippen molar-refractivity contribution < 1.29 is 9.59 Å². The summed E-state index contributed by atoms with van der Waals surface area (Å²) in [7, 11) is 1.57. The normalized spacial score (nSPS) is 18.8. The smallest absolute Gasteiger partial charge is 0.233 e. The van der Waals surface area contributed by atoms with E-state index < -0.39 is 5.25 Å². The predicted octanol–water partition coefficient (Wildman–Crippen LogP) is 3.61. The molecule has 1 aliphatic heterocycles. The second kappa shape index (κ2) is 8.38. The first-order valence-corrected chi connectivity index (χ1v) is 9.39. The number of nitrogens with one attached hydrogen (secondary N) is 1. The van der Waals surface area contributed by atoms with Gasteiger partial charge < -0.3 is 5.32 Å². The molecule has 5 nitrogen and oxygen atoms in total. The number of rotatable bonds is 4. The van der Waals surface area contributed by atoms with E-state index in [-0.39, 0.29) is 18.2 Å². The first-order chi connectivity index (χ1) is 12.6. The average Bonchev–Trinajstić information content (AvgIpc) is 2.64. The lowest BCUT2D eigenvalue weighted by atomic mass is 10.2. The Bertz CT molecular complexity index is 842. The molecule has 0 radical (unpaired) electrons. The van der Waals surface area contributed by atoms with Crippen molar-refractivity contribution in [2.75, 3.05) is 7.05 Å². The Morgan fingerprint density at radius 2 is 2.04 bits per heavy atom. The zero-order chi connectivity index (χ0) is 18.5. The largest absolute Gasteiger partial charge is 0.358 e. The van der Waals surface area contributed by atoms with Gasteiger partial charge in [-0.05, 0) is 23.8 Å². The van der Waals surface area contributed by atoms with E-state index in [4.69, 9.17) is 11.6 Å². The maximum Gasteiger partial charge on any atom is 0.233 e. The SMILES string of the molecule is CNC(=O)C1CC(=O)N(Cc2ccccc2)C(=Nc2cccc(Cl)c2)S1. The Morgan fingerprint density at radius 3 is 2.73 bits per heavy atom. The van der Waals surface area contributed by atoms with Crippen molar-refractivity contribution in [3.05, 3.63) is 65.2 Å². The highest BCUT2D eigenvalue weighted by molar-refractivity contribution is 8.15. The van der Waals surface area contributed by atoms with Crippen LogP contribution in [0, 0.1) is 0 Å². The highest BCUT2D eigenvalue weighted by Gasteiger charge is 2.35. The monoisotopic (exact) mass is 387 g/mol. The van der Waals surface area contributed by atoms with Gasteiger partial charge >= 0.3 is 0 Å². The molecule has 1 unspecified atom stereocenters. The van der Waals surface area contributed by atoms with Crippen LogP contribution in [0.15, 0.2) is 59.6 Å². The van der Waals surface area contributed by atoms with E-state index in [9.17, 15) is 9.59 Å². The number of amidine groups is 1. The highest BCUT2D eigenvalue weighted by atomic mass is 35.5. The van der Waals surface area contributed by atoms with Gasteiger partial charge in [0.1, 0.15) is 0 Å². The van der Waals surface area contributed by atoms with Gasteiger partial charge in [-0.15, -0.1) is 0 Å². The number of carbonyl (C=O) groups is 2. The van der Waals surface area contributed by atoms with Crippen molar-refractivity contribution in [3.63, 3.8) is 0 Å². The van der Waals surface area contributed by atoms with Crippen LogP contribution in [0.1, 0.15) is 12.0 Å². The van der Waals surface area contributed by atoms with Gasteiger partial charge in [-0.2, -0.15) is 0 Å². The zero-order valence-corrected chi connectivity index (χ0v) is 15.8.